The number of phenols is 1. The van der Waals surface area contributed by atoms with Crippen molar-refractivity contribution in [2.45, 2.75) is 32.9 Å². The van der Waals surface area contributed by atoms with Crippen LogP contribution in [-0.2, 0) is 11.3 Å². The van der Waals surface area contributed by atoms with Crippen LogP contribution in [0.5, 0.6) is 5.75 Å². The quantitative estimate of drug-likeness (QED) is 0.739. The summed E-state index contributed by atoms with van der Waals surface area (Å²) in [5.74, 6) is -2.80. The Hall–Kier alpha value is -1.20. The molecule has 0 fully saturated rings. The Bertz CT molecular complexity index is 360. The summed E-state index contributed by atoms with van der Waals surface area (Å²) in [6.45, 7) is 5.65. The Morgan fingerprint density at radius 1 is 1.28 bits per heavy atom. The lowest BCUT2D eigenvalue weighted by molar-refractivity contribution is 0.0770. The molecule has 0 atom stereocenters. The van der Waals surface area contributed by atoms with Gasteiger partial charge >= 0.3 is 0 Å². The number of hydrogen-bond donors (Lipinski definition) is 2. The van der Waals surface area contributed by atoms with E-state index in [0.29, 0.717) is 25.3 Å². The molecule has 1 aromatic carbocycles. The predicted octanol–water partition coefficient (Wildman–Crippen LogP) is 2.58. The molecule has 18 heavy (non-hydrogen) atoms. The van der Waals surface area contributed by atoms with Crippen LogP contribution in [0.2, 0.25) is 0 Å². The smallest absolute Gasteiger partial charge is 0.187 e. The molecule has 0 aliphatic rings. The van der Waals surface area contributed by atoms with Crippen molar-refractivity contribution >= 4 is 0 Å². The molecule has 3 nitrogen and oxygen atoms in total. The van der Waals surface area contributed by atoms with Crippen LogP contribution in [0.3, 0.4) is 0 Å². The molecule has 0 aromatic heterocycles. The van der Waals surface area contributed by atoms with E-state index < -0.39 is 17.4 Å². The van der Waals surface area contributed by atoms with Gasteiger partial charge in [0.1, 0.15) is 0 Å². The van der Waals surface area contributed by atoms with Crippen LogP contribution in [0, 0.1) is 11.6 Å². The van der Waals surface area contributed by atoms with Gasteiger partial charge in [-0.15, -0.1) is 0 Å². The highest BCUT2D eigenvalue weighted by atomic mass is 19.1. The molecule has 5 heteroatoms. The first-order chi connectivity index (χ1) is 8.50. The third kappa shape index (κ3) is 4.98. The van der Waals surface area contributed by atoms with Crippen LogP contribution in [0.4, 0.5) is 8.78 Å². The third-order valence-corrected chi connectivity index (χ3v) is 2.35. The van der Waals surface area contributed by atoms with Gasteiger partial charge in [0.2, 0.25) is 0 Å². The molecule has 1 aromatic rings. The minimum atomic E-state index is -0.935. The van der Waals surface area contributed by atoms with Crippen LogP contribution >= 0.6 is 0 Å². The van der Waals surface area contributed by atoms with Gasteiger partial charge in [-0.2, -0.15) is 0 Å². The number of halogens is 2. The molecule has 0 saturated heterocycles. The van der Waals surface area contributed by atoms with E-state index in [0.717, 1.165) is 18.6 Å². The number of phenolic OH excluding ortho intramolecular Hbond substituents is 1. The SMILES string of the molecule is CC(C)OCCCNCc1cc(F)c(O)c(F)c1. The average Bonchev–Trinajstić information content (AvgIpc) is 2.30. The zero-order valence-electron chi connectivity index (χ0n) is 10.7. The fourth-order valence-corrected chi connectivity index (χ4v) is 1.47. The molecule has 0 bridgehead atoms. The van der Waals surface area contributed by atoms with Gasteiger partial charge in [0.05, 0.1) is 6.10 Å². The first-order valence-corrected chi connectivity index (χ1v) is 6.00. The van der Waals surface area contributed by atoms with Crippen molar-refractivity contribution in [1.82, 2.24) is 5.32 Å². The second-order valence-corrected chi connectivity index (χ2v) is 4.36. The van der Waals surface area contributed by atoms with Crippen molar-refractivity contribution in [1.29, 1.82) is 0 Å². The van der Waals surface area contributed by atoms with Gasteiger partial charge in [-0.25, -0.2) is 8.78 Å². The summed E-state index contributed by atoms with van der Waals surface area (Å²) < 4.78 is 31.4. The fraction of sp³-hybridized carbons (Fsp3) is 0.538. The molecule has 1 rings (SSSR count). The predicted molar refractivity (Wildman–Crippen MR) is 65.4 cm³/mol. The highest BCUT2D eigenvalue weighted by Gasteiger charge is 2.08. The number of rotatable bonds is 7. The molecule has 2 N–H and O–H groups in total. The Labute approximate surface area is 106 Å². The van der Waals surface area contributed by atoms with Gasteiger partial charge < -0.3 is 15.2 Å². The van der Waals surface area contributed by atoms with E-state index in [-0.39, 0.29) is 6.10 Å². The topological polar surface area (TPSA) is 41.5 Å². The molecule has 0 aliphatic carbocycles. The van der Waals surface area contributed by atoms with Gasteiger partial charge in [-0.1, -0.05) is 0 Å². The Morgan fingerprint density at radius 3 is 2.44 bits per heavy atom. The molecule has 0 heterocycles. The summed E-state index contributed by atoms with van der Waals surface area (Å²) in [5.41, 5.74) is 0.465. The molecule has 0 amide bonds. The maximum atomic E-state index is 13.0. The lowest BCUT2D eigenvalue weighted by atomic mass is 10.2. The second kappa shape index (κ2) is 7.28. The summed E-state index contributed by atoms with van der Waals surface area (Å²) in [7, 11) is 0. The third-order valence-electron chi connectivity index (χ3n) is 2.35. The molecular weight excluding hydrogens is 240 g/mol. The molecule has 0 radical (unpaired) electrons. The first-order valence-electron chi connectivity index (χ1n) is 6.00. The standard InChI is InChI=1S/C13H19F2NO2/c1-9(2)18-5-3-4-16-8-10-6-11(14)13(17)12(15)7-10/h6-7,9,16-17H,3-5,8H2,1-2H3. The van der Waals surface area contributed by atoms with E-state index in [1.165, 1.54) is 0 Å². The van der Waals surface area contributed by atoms with Crippen molar-refractivity contribution < 1.29 is 18.6 Å². The molecular formula is C13H19F2NO2. The number of ether oxygens (including phenoxy) is 1. The van der Waals surface area contributed by atoms with Crippen LogP contribution in [0.1, 0.15) is 25.8 Å². The molecule has 0 unspecified atom stereocenters. The molecule has 0 spiro atoms. The minimum Gasteiger partial charge on any atom is -0.503 e. The number of nitrogens with one attached hydrogen (secondary N) is 1. The van der Waals surface area contributed by atoms with Crippen LogP contribution in [0.25, 0.3) is 0 Å². The first kappa shape index (κ1) is 14.9. The maximum absolute atomic E-state index is 13.0. The fourth-order valence-electron chi connectivity index (χ4n) is 1.47. The van der Waals surface area contributed by atoms with Crippen LogP contribution in [-0.4, -0.2) is 24.4 Å². The minimum absolute atomic E-state index is 0.213. The zero-order valence-corrected chi connectivity index (χ0v) is 10.7. The summed E-state index contributed by atoms with van der Waals surface area (Å²) in [4.78, 5) is 0. The van der Waals surface area contributed by atoms with Gasteiger partial charge in [0, 0.05) is 13.2 Å². The van der Waals surface area contributed by atoms with Gasteiger partial charge in [-0.3, -0.25) is 0 Å². The maximum Gasteiger partial charge on any atom is 0.187 e. The van der Waals surface area contributed by atoms with E-state index in [1.54, 1.807) is 0 Å². The van der Waals surface area contributed by atoms with E-state index in [4.69, 9.17) is 9.84 Å². The highest BCUT2D eigenvalue weighted by molar-refractivity contribution is 5.29. The van der Waals surface area contributed by atoms with E-state index in [9.17, 15) is 8.78 Å². The largest absolute Gasteiger partial charge is 0.503 e. The summed E-state index contributed by atoms with van der Waals surface area (Å²) >= 11 is 0. The number of benzene rings is 1. The normalized spacial score (nSPS) is 11.2. The van der Waals surface area contributed by atoms with Crippen molar-refractivity contribution in [2.24, 2.45) is 0 Å². The number of aromatic hydroxyl groups is 1. The Morgan fingerprint density at radius 2 is 1.89 bits per heavy atom. The van der Waals surface area contributed by atoms with Gasteiger partial charge in [-0.05, 0) is 44.5 Å². The van der Waals surface area contributed by atoms with Gasteiger partial charge in [0.15, 0.2) is 17.4 Å². The summed E-state index contributed by atoms with van der Waals surface area (Å²) in [6, 6.07) is 2.24. The van der Waals surface area contributed by atoms with Crippen molar-refractivity contribution in [2.75, 3.05) is 13.2 Å². The van der Waals surface area contributed by atoms with E-state index in [1.807, 2.05) is 13.8 Å². The van der Waals surface area contributed by atoms with E-state index >= 15 is 0 Å². The Kier molecular flexibility index (Phi) is 6.01. The average molecular weight is 259 g/mol. The second-order valence-electron chi connectivity index (χ2n) is 4.36. The van der Waals surface area contributed by atoms with Crippen molar-refractivity contribution in [3.8, 4) is 5.75 Å². The zero-order chi connectivity index (χ0) is 13.5. The van der Waals surface area contributed by atoms with Crippen molar-refractivity contribution in [3.05, 3.63) is 29.3 Å². The van der Waals surface area contributed by atoms with Crippen LogP contribution in [0.15, 0.2) is 12.1 Å². The lowest BCUT2D eigenvalue weighted by Gasteiger charge is -2.08. The van der Waals surface area contributed by atoms with Crippen molar-refractivity contribution in [3.63, 3.8) is 0 Å². The van der Waals surface area contributed by atoms with E-state index in [2.05, 4.69) is 5.32 Å². The Balaban J connectivity index is 2.27. The number of hydrogen-bond acceptors (Lipinski definition) is 3. The highest BCUT2D eigenvalue weighted by Crippen LogP contribution is 2.21. The van der Waals surface area contributed by atoms with Crippen LogP contribution < -0.4 is 5.32 Å². The molecule has 0 aliphatic heterocycles. The lowest BCUT2D eigenvalue weighted by Crippen LogP contribution is -2.17. The molecule has 102 valence electrons. The molecule has 0 saturated carbocycles. The summed E-state index contributed by atoms with van der Waals surface area (Å²) in [6.07, 6.45) is 1.05. The summed E-state index contributed by atoms with van der Waals surface area (Å²) in [5, 5.41) is 12.0. The monoisotopic (exact) mass is 259 g/mol. The van der Waals surface area contributed by atoms with Gasteiger partial charge in [0.25, 0.3) is 0 Å².